The minimum atomic E-state index is -0.559. The molecule has 0 spiro atoms. The fourth-order valence-corrected chi connectivity index (χ4v) is 1.68. The van der Waals surface area contributed by atoms with E-state index in [1.165, 1.54) is 4.90 Å². The Bertz CT molecular complexity index is 631. The molecule has 0 aliphatic rings. The van der Waals surface area contributed by atoms with Gasteiger partial charge in [-0.1, -0.05) is 5.16 Å². The van der Waals surface area contributed by atoms with Gasteiger partial charge in [-0.3, -0.25) is 4.79 Å². The van der Waals surface area contributed by atoms with Crippen molar-refractivity contribution in [2.45, 2.75) is 6.92 Å². The predicted octanol–water partition coefficient (Wildman–Crippen LogP) is 1.71. The fraction of sp³-hybridized carbons (Fsp3) is 0.308. The van der Waals surface area contributed by atoms with Crippen molar-refractivity contribution < 1.29 is 18.8 Å². The summed E-state index contributed by atoms with van der Waals surface area (Å²) in [6.45, 7) is 1.97. The number of carbonyl (C=O) groups is 2. The van der Waals surface area contributed by atoms with Gasteiger partial charge in [-0.25, -0.2) is 4.79 Å². The molecule has 2 rings (SSSR count). The van der Waals surface area contributed by atoms with Gasteiger partial charge in [0.25, 0.3) is 11.7 Å². The SMILES string of the molecule is CCOC(=O)c1onc2cc(C(=O)N(C)C)ccc12. The molecule has 1 amide bonds. The molecule has 1 aromatic carbocycles. The van der Waals surface area contributed by atoms with Crippen LogP contribution >= 0.6 is 0 Å². The Hall–Kier alpha value is -2.37. The molecule has 6 nitrogen and oxygen atoms in total. The lowest BCUT2D eigenvalue weighted by atomic mass is 10.1. The van der Waals surface area contributed by atoms with Gasteiger partial charge < -0.3 is 14.2 Å². The van der Waals surface area contributed by atoms with E-state index >= 15 is 0 Å². The molecule has 0 bridgehead atoms. The quantitative estimate of drug-likeness (QED) is 0.787. The number of aromatic nitrogens is 1. The van der Waals surface area contributed by atoms with Gasteiger partial charge in [-0.2, -0.15) is 0 Å². The van der Waals surface area contributed by atoms with E-state index in [0.717, 1.165) is 0 Å². The highest BCUT2D eigenvalue weighted by atomic mass is 16.6. The van der Waals surface area contributed by atoms with Gasteiger partial charge in [-0.05, 0) is 25.1 Å². The number of nitrogens with zero attached hydrogens (tertiary/aromatic N) is 2. The van der Waals surface area contributed by atoms with Crippen molar-refractivity contribution in [3.05, 3.63) is 29.5 Å². The number of hydrogen-bond acceptors (Lipinski definition) is 5. The summed E-state index contributed by atoms with van der Waals surface area (Å²) in [7, 11) is 3.33. The van der Waals surface area contributed by atoms with Gasteiger partial charge in [0.1, 0.15) is 5.52 Å². The van der Waals surface area contributed by atoms with Crippen molar-refractivity contribution in [3.8, 4) is 0 Å². The highest BCUT2D eigenvalue weighted by Gasteiger charge is 2.19. The summed E-state index contributed by atoms with van der Waals surface area (Å²) in [5.74, 6) is -0.639. The number of benzene rings is 1. The van der Waals surface area contributed by atoms with Crippen LogP contribution in [-0.4, -0.2) is 42.6 Å². The van der Waals surface area contributed by atoms with Gasteiger partial charge in [-0.15, -0.1) is 0 Å². The van der Waals surface area contributed by atoms with Crippen LogP contribution < -0.4 is 0 Å². The average molecular weight is 262 g/mol. The number of hydrogen-bond donors (Lipinski definition) is 0. The predicted molar refractivity (Wildman–Crippen MR) is 68.0 cm³/mol. The summed E-state index contributed by atoms with van der Waals surface area (Å²) >= 11 is 0. The highest BCUT2D eigenvalue weighted by molar-refractivity contribution is 6.03. The van der Waals surface area contributed by atoms with Gasteiger partial charge in [0.15, 0.2) is 0 Å². The van der Waals surface area contributed by atoms with E-state index in [1.54, 1.807) is 39.2 Å². The summed E-state index contributed by atoms with van der Waals surface area (Å²) in [6.07, 6.45) is 0. The van der Waals surface area contributed by atoms with Crippen LogP contribution in [0.25, 0.3) is 10.9 Å². The van der Waals surface area contributed by atoms with Crippen molar-refractivity contribution in [2.24, 2.45) is 0 Å². The van der Waals surface area contributed by atoms with Crippen molar-refractivity contribution in [1.82, 2.24) is 10.1 Å². The number of fused-ring (bicyclic) bond motifs is 1. The standard InChI is InChI=1S/C13H14N2O4/c1-4-18-13(17)11-9-6-5-8(12(16)15(2)3)7-10(9)14-19-11/h5-7H,4H2,1-3H3. The molecule has 100 valence electrons. The summed E-state index contributed by atoms with van der Waals surface area (Å²) in [5, 5.41) is 4.31. The zero-order valence-corrected chi connectivity index (χ0v) is 11.0. The maximum absolute atomic E-state index is 11.8. The van der Waals surface area contributed by atoms with Crippen LogP contribution in [0.2, 0.25) is 0 Å². The molecule has 0 N–H and O–H groups in total. The molecule has 2 aromatic rings. The molecule has 1 heterocycles. The topological polar surface area (TPSA) is 72.6 Å². The second-order valence-corrected chi connectivity index (χ2v) is 4.16. The largest absolute Gasteiger partial charge is 0.460 e. The maximum atomic E-state index is 11.8. The Kier molecular flexibility index (Phi) is 3.50. The number of rotatable bonds is 3. The van der Waals surface area contributed by atoms with Gasteiger partial charge in [0.2, 0.25) is 0 Å². The van der Waals surface area contributed by atoms with Crippen molar-refractivity contribution >= 4 is 22.8 Å². The van der Waals surface area contributed by atoms with Gasteiger partial charge in [0, 0.05) is 19.7 Å². The molecule has 1 aromatic heterocycles. The lowest BCUT2D eigenvalue weighted by Crippen LogP contribution is -2.21. The minimum absolute atomic E-state index is 0.0562. The van der Waals surface area contributed by atoms with Crippen molar-refractivity contribution in [1.29, 1.82) is 0 Å². The first-order chi connectivity index (χ1) is 9.04. The first-order valence-electron chi connectivity index (χ1n) is 5.82. The maximum Gasteiger partial charge on any atom is 0.377 e. The first kappa shape index (κ1) is 13.1. The lowest BCUT2D eigenvalue weighted by molar-refractivity contribution is 0.0483. The summed E-state index contributed by atoms with van der Waals surface area (Å²) in [4.78, 5) is 24.9. The number of carbonyl (C=O) groups excluding carboxylic acids is 2. The summed E-state index contributed by atoms with van der Waals surface area (Å²) in [5.41, 5.74) is 0.942. The third-order valence-electron chi connectivity index (χ3n) is 2.59. The van der Waals surface area contributed by atoms with Gasteiger partial charge in [0.05, 0.1) is 12.0 Å². The molecule has 0 aliphatic heterocycles. The van der Waals surface area contributed by atoms with E-state index < -0.39 is 5.97 Å². The summed E-state index contributed by atoms with van der Waals surface area (Å²) in [6, 6.07) is 4.85. The number of esters is 1. The molecule has 6 heteroatoms. The molecule has 0 unspecified atom stereocenters. The molecule has 0 saturated heterocycles. The third-order valence-corrected chi connectivity index (χ3v) is 2.59. The molecule has 0 fully saturated rings. The average Bonchev–Trinajstić information content (AvgIpc) is 2.80. The third kappa shape index (κ3) is 2.42. The van der Waals surface area contributed by atoms with Crippen LogP contribution in [0.15, 0.2) is 22.7 Å². The van der Waals surface area contributed by atoms with Crippen LogP contribution in [0.1, 0.15) is 27.8 Å². The fourth-order valence-electron chi connectivity index (χ4n) is 1.68. The molecule has 19 heavy (non-hydrogen) atoms. The van der Waals surface area contributed by atoms with Crippen LogP contribution in [0, 0.1) is 0 Å². The normalized spacial score (nSPS) is 10.5. The molecular weight excluding hydrogens is 248 g/mol. The van der Waals surface area contributed by atoms with E-state index in [0.29, 0.717) is 16.5 Å². The molecule has 0 aliphatic carbocycles. The summed E-state index contributed by atoms with van der Waals surface area (Å²) < 4.78 is 9.84. The van der Waals surface area contributed by atoms with E-state index in [-0.39, 0.29) is 18.3 Å². The zero-order valence-electron chi connectivity index (χ0n) is 11.0. The smallest absolute Gasteiger partial charge is 0.377 e. The van der Waals surface area contributed by atoms with Crippen LogP contribution in [0.3, 0.4) is 0 Å². The second-order valence-electron chi connectivity index (χ2n) is 4.16. The van der Waals surface area contributed by atoms with E-state index in [1.807, 2.05) is 0 Å². The van der Waals surface area contributed by atoms with Gasteiger partial charge >= 0.3 is 5.97 Å². The Morgan fingerprint density at radius 3 is 2.74 bits per heavy atom. The number of amides is 1. The van der Waals surface area contributed by atoms with Crippen molar-refractivity contribution in [2.75, 3.05) is 20.7 Å². The van der Waals surface area contributed by atoms with Crippen LogP contribution in [0.4, 0.5) is 0 Å². The Morgan fingerprint density at radius 2 is 2.11 bits per heavy atom. The van der Waals surface area contributed by atoms with Crippen LogP contribution in [0.5, 0.6) is 0 Å². The first-order valence-corrected chi connectivity index (χ1v) is 5.82. The molecule has 0 saturated carbocycles. The Balaban J connectivity index is 2.42. The second kappa shape index (κ2) is 5.09. The highest BCUT2D eigenvalue weighted by Crippen LogP contribution is 2.21. The minimum Gasteiger partial charge on any atom is -0.460 e. The van der Waals surface area contributed by atoms with E-state index in [2.05, 4.69) is 5.16 Å². The molecular formula is C13H14N2O4. The van der Waals surface area contributed by atoms with E-state index in [9.17, 15) is 9.59 Å². The zero-order chi connectivity index (χ0) is 14.0. The molecule has 0 radical (unpaired) electrons. The molecule has 0 atom stereocenters. The van der Waals surface area contributed by atoms with E-state index in [4.69, 9.17) is 9.26 Å². The van der Waals surface area contributed by atoms with Crippen LogP contribution in [-0.2, 0) is 4.74 Å². The Morgan fingerprint density at radius 1 is 1.37 bits per heavy atom. The lowest BCUT2D eigenvalue weighted by Gasteiger charge is -2.09. The number of ether oxygens (including phenoxy) is 1. The Labute approximate surface area is 109 Å². The monoisotopic (exact) mass is 262 g/mol. The van der Waals surface area contributed by atoms with Crippen molar-refractivity contribution in [3.63, 3.8) is 0 Å².